The Morgan fingerprint density at radius 3 is 2.53 bits per heavy atom. The Bertz CT molecular complexity index is 1520. The monoisotopic (exact) mass is 596 g/mol. The molecule has 1 aliphatic heterocycles. The van der Waals surface area contributed by atoms with Gasteiger partial charge in [0, 0.05) is 39.8 Å². The molecule has 5 rings (SSSR count). The van der Waals surface area contributed by atoms with Crippen molar-refractivity contribution in [2.75, 3.05) is 4.90 Å². The molecular weight excluding hydrogens is 571 g/mol. The molecule has 0 saturated carbocycles. The summed E-state index contributed by atoms with van der Waals surface area (Å²) in [6.07, 6.45) is 4.22. The fraction of sp³-hybridized carbons (Fsp3) is 0.185. The SMILES string of the molecule is CCn1c(=O)/c(=C2\Sc3ccccc3N2Cc2ccc([125I])cc2)s/c1=C\c1cccc[n+]1CC. The van der Waals surface area contributed by atoms with Crippen molar-refractivity contribution in [3.8, 4) is 0 Å². The van der Waals surface area contributed by atoms with Gasteiger partial charge in [0.15, 0.2) is 6.20 Å². The third kappa shape index (κ3) is 4.48. The van der Waals surface area contributed by atoms with Crippen LogP contribution in [-0.2, 0) is 19.6 Å². The molecule has 0 saturated heterocycles. The molecule has 0 bridgehead atoms. The third-order valence-electron chi connectivity index (χ3n) is 5.87. The standard InChI is InChI=1S/C27H25IN3OS2/c1-3-29-16-8-7-9-21(29)17-24-30(4-2)26(32)25(34-24)27-31(18-19-12-14-20(28)15-13-19)22-10-5-6-11-23(22)33-27/h5-17H,3-4,18H2,1-2H3/q+1/b27-25+/i28-2. The second-order valence-corrected chi connectivity index (χ2v) is 11.3. The second kappa shape index (κ2) is 10.1. The van der Waals surface area contributed by atoms with Crippen LogP contribution in [0.1, 0.15) is 25.1 Å². The average Bonchev–Trinajstić information content (AvgIpc) is 3.37. The maximum absolute atomic E-state index is 13.6. The van der Waals surface area contributed by atoms with Crippen molar-refractivity contribution in [1.82, 2.24) is 4.57 Å². The lowest BCUT2D eigenvalue weighted by molar-refractivity contribution is -0.695. The van der Waals surface area contributed by atoms with Crippen LogP contribution in [-0.4, -0.2) is 4.57 Å². The first-order valence-corrected chi connectivity index (χ1v) is 14.0. The molecule has 0 radical (unpaired) electrons. The number of fused-ring (bicyclic) bond motifs is 1. The lowest BCUT2D eigenvalue weighted by Crippen LogP contribution is -2.37. The molecule has 4 aromatic rings. The second-order valence-electron chi connectivity index (χ2n) is 7.96. The van der Waals surface area contributed by atoms with Gasteiger partial charge in [-0.1, -0.05) is 36.0 Å². The molecule has 4 nitrogen and oxygen atoms in total. The van der Waals surface area contributed by atoms with Gasteiger partial charge in [-0.25, -0.2) is 0 Å². The lowest BCUT2D eigenvalue weighted by atomic mass is 10.2. The largest absolute Gasteiger partial charge is 0.329 e. The Morgan fingerprint density at radius 1 is 1.00 bits per heavy atom. The number of aromatic nitrogens is 2. The Kier molecular flexibility index (Phi) is 6.94. The highest BCUT2D eigenvalue weighted by Gasteiger charge is 2.27. The number of hydrogen-bond acceptors (Lipinski definition) is 4. The summed E-state index contributed by atoms with van der Waals surface area (Å²) in [4.78, 5) is 17.1. The van der Waals surface area contributed by atoms with Crippen molar-refractivity contribution in [2.45, 2.75) is 38.4 Å². The first-order chi connectivity index (χ1) is 16.6. The van der Waals surface area contributed by atoms with E-state index in [2.05, 4.69) is 106 Å². The van der Waals surface area contributed by atoms with E-state index in [0.717, 1.165) is 38.7 Å². The number of thioether (sulfide) groups is 1. The summed E-state index contributed by atoms with van der Waals surface area (Å²) in [5.41, 5.74) is 3.57. The molecule has 3 heterocycles. The van der Waals surface area contributed by atoms with Gasteiger partial charge in [-0.15, -0.1) is 11.3 Å². The van der Waals surface area contributed by atoms with Gasteiger partial charge in [-0.3, -0.25) is 9.36 Å². The van der Waals surface area contributed by atoms with Gasteiger partial charge in [-0.2, -0.15) is 4.57 Å². The van der Waals surface area contributed by atoms with Gasteiger partial charge in [0.2, 0.25) is 5.69 Å². The molecule has 0 unspecified atom stereocenters. The Morgan fingerprint density at radius 2 is 1.76 bits per heavy atom. The van der Waals surface area contributed by atoms with Crippen molar-refractivity contribution in [1.29, 1.82) is 0 Å². The number of para-hydroxylation sites is 1. The molecule has 0 amide bonds. The van der Waals surface area contributed by atoms with E-state index in [4.69, 9.17) is 0 Å². The van der Waals surface area contributed by atoms with Gasteiger partial charge in [0.05, 0.1) is 5.69 Å². The summed E-state index contributed by atoms with van der Waals surface area (Å²) < 4.78 is 7.09. The number of thiazole rings is 1. The Hall–Kier alpha value is -2.36. The van der Waals surface area contributed by atoms with E-state index in [1.54, 1.807) is 23.1 Å². The number of rotatable bonds is 5. The van der Waals surface area contributed by atoms with E-state index >= 15 is 0 Å². The Balaban J connectivity index is 1.70. The molecule has 0 atom stereocenters. The van der Waals surface area contributed by atoms with E-state index in [1.165, 1.54) is 14.0 Å². The zero-order chi connectivity index (χ0) is 23.7. The molecule has 2 aromatic carbocycles. The van der Waals surface area contributed by atoms with Crippen LogP contribution in [0.15, 0.2) is 82.6 Å². The molecule has 1 aliphatic rings. The van der Waals surface area contributed by atoms with Crippen LogP contribution in [0.25, 0.3) is 11.1 Å². The number of aryl methyl sites for hydroxylation is 1. The predicted octanol–water partition coefficient (Wildman–Crippen LogP) is 4.55. The molecule has 34 heavy (non-hydrogen) atoms. The molecule has 0 aliphatic carbocycles. The summed E-state index contributed by atoms with van der Waals surface area (Å²) in [5.74, 6) is 0. The van der Waals surface area contributed by atoms with Gasteiger partial charge < -0.3 is 4.90 Å². The van der Waals surface area contributed by atoms with Gasteiger partial charge >= 0.3 is 0 Å². The molecule has 172 valence electrons. The highest BCUT2D eigenvalue weighted by molar-refractivity contribution is 14.1. The smallest absolute Gasteiger partial charge is 0.271 e. The number of halogens is 1. The minimum absolute atomic E-state index is 0.0839. The molecule has 0 spiro atoms. The van der Waals surface area contributed by atoms with Crippen LogP contribution in [0.4, 0.5) is 5.69 Å². The van der Waals surface area contributed by atoms with Crippen LogP contribution < -0.4 is 24.2 Å². The predicted molar refractivity (Wildman–Crippen MR) is 150 cm³/mol. The molecule has 7 heteroatoms. The fourth-order valence-electron chi connectivity index (χ4n) is 4.14. The summed E-state index contributed by atoms with van der Waals surface area (Å²) in [7, 11) is 0. The van der Waals surface area contributed by atoms with Crippen LogP contribution in [0.2, 0.25) is 0 Å². The maximum Gasteiger partial charge on any atom is 0.271 e. The van der Waals surface area contributed by atoms with Crippen LogP contribution >= 0.6 is 45.7 Å². The summed E-state index contributed by atoms with van der Waals surface area (Å²) in [5, 5.41) is 1.02. The molecule has 0 fully saturated rings. The first-order valence-electron chi connectivity index (χ1n) is 11.3. The summed E-state index contributed by atoms with van der Waals surface area (Å²) in [6, 6.07) is 23.2. The number of nitrogens with zero attached hydrogens (tertiary/aromatic N) is 3. The van der Waals surface area contributed by atoms with E-state index in [-0.39, 0.29) is 5.56 Å². The number of anilines is 1. The fourth-order valence-corrected chi connectivity index (χ4v) is 6.94. The van der Waals surface area contributed by atoms with E-state index in [0.29, 0.717) is 6.54 Å². The van der Waals surface area contributed by atoms with E-state index in [9.17, 15) is 4.79 Å². The van der Waals surface area contributed by atoms with Crippen molar-refractivity contribution in [3.63, 3.8) is 0 Å². The number of hydrogen-bond donors (Lipinski definition) is 0. The Labute approximate surface area is 221 Å². The van der Waals surface area contributed by atoms with Crippen molar-refractivity contribution in [3.05, 3.63) is 107 Å². The maximum atomic E-state index is 13.6. The van der Waals surface area contributed by atoms with E-state index < -0.39 is 0 Å². The highest BCUT2D eigenvalue weighted by Crippen LogP contribution is 2.46. The molecular formula is C27H25IN3OS2+. The number of pyridine rings is 1. The summed E-state index contributed by atoms with van der Waals surface area (Å²) in [6.45, 7) is 6.43. The quantitative estimate of drug-likeness (QED) is 0.250. The molecule has 0 N–H and O–H groups in total. The first kappa shape index (κ1) is 23.4. The van der Waals surface area contributed by atoms with E-state index in [1.807, 2.05) is 23.6 Å². The highest BCUT2D eigenvalue weighted by atomic mass is 125. The average molecular weight is 597 g/mol. The van der Waals surface area contributed by atoms with Crippen molar-refractivity contribution in [2.24, 2.45) is 0 Å². The summed E-state index contributed by atoms with van der Waals surface area (Å²) >= 11 is 5.62. The van der Waals surface area contributed by atoms with Crippen LogP contribution in [0, 0.1) is 3.57 Å². The van der Waals surface area contributed by atoms with Gasteiger partial charge in [0.25, 0.3) is 5.56 Å². The zero-order valence-corrected chi connectivity index (χ0v) is 22.9. The topological polar surface area (TPSA) is 29.1 Å². The van der Waals surface area contributed by atoms with Crippen molar-refractivity contribution >= 4 is 62.5 Å². The zero-order valence-electron chi connectivity index (χ0n) is 19.1. The van der Waals surface area contributed by atoms with Gasteiger partial charge in [0.1, 0.15) is 20.8 Å². The number of benzene rings is 2. The lowest BCUT2D eigenvalue weighted by Gasteiger charge is -2.20. The molecule has 2 aromatic heterocycles. The third-order valence-corrected chi connectivity index (χ3v) is 9.02. The van der Waals surface area contributed by atoms with Crippen LogP contribution in [0.3, 0.4) is 0 Å². The van der Waals surface area contributed by atoms with Crippen molar-refractivity contribution < 1.29 is 4.57 Å². The normalized spacial score (nSPS) is 15.1. The minimum atomic E-state index is 0.0839. The minimum Gasteiger partial charge on any atom is -0.329 e. The van der Waals surface area contributed by atoms with Crippen LogP contribution in [0.5, 0.6) is 0 Å². The van der Waals surface area contributed by atoms with Gasteiger partial charge in [-0.05, 0) is 72.3 Å².